The zero-order valence-electron chi connectivity index (χ0n) is 13.4. The number of anilines is 1. The van der Waals surface area contributed by atoms with E-state index in [2.05, 4.69) is 43.8 Å². The molecule has 0 saturated heterocycles. The molecule has 122 valence electrons. The lowest BCUT2D eigenvalue weighted by Gasteiger charge is -2.03. The highest BCUT2D eigenvalue weighted by Crippen LogP contribution is 2.27. The molecule has 0 aliphatic heterocycles. The summed E-state index contributed by atoms with van der Waals surface area (Å²) in [6.45, 7) is 3.92. The molecule has 0 aliphatic rings. The van der Waals surface area contributed by atoms with Gasteiger partial charge in [-0.1, -0.05) is 24.3 Å². The molecule has 0 aliphatic carbocycles. The monoisotopic (exact) mass is 357 g/mol. The Hall–Kier alpha value is -2.10. The average Bonchev–Trinajstić information content (AvgIpc) is 3.01. The largest absolute Gasteiger partial charge is 0.253 e. The van der Waals surface area contributed by atoms with Gasteiger partial charge in [0, 0.05) is 16.2 Å². The Labute approximate surface area is 146 Å². The summed E-state index contributed by atoms with van der Waals surface area (Å²) in [5, 5.41) is 7.46. The molecule has 0 radical (unpaired) electrons. The summed E-state index contributed by atoms with van der Waals surface area (Å²) in [6, 6.07) is 11.4. The van der Waals surface area contributed by atoms with E-state index in [1.807, 2.05) is 24.4 Å². The molecule has 24 heavy (non-hydrogen) atoms. The molecule has 6 heteroatoms. The fourth-order valence-electron chi connectivity index (χ4n) is 2.31. The summed E-state index contributed by atoms with van der Waals surface area (Å²) in [5.74, 6) is -0.231. The molecular formula is C18H17FN3PS. The molecule has 1 aromatic heterocycles. The molecule has 3 nitrogen and oxygen atoms in total. The number of nitrogens with one attached hydrogen (secondary N) is 1. The lowest BCUT2D eigenvalue weighted by atomic mass is 10.1. The molecule has 1 N–H and O–H groups in total. The Morgan fingerprint density at radius 3 is 2.79 bits per heavy atom. The van der Waals surface area contributed by atoms with Gasteiger partial charge in [-0.2, -0.15) is 5.10 Å². The first-order valence-electron chi connectivity index (χ1n) is 7.41. The van der Waals surface area contributed by atoms with Crippen LogP contribution in [0.3, 0.4) is 0 Å². The van der Waals surface area contributed by atoms with Crippen LogP contribution in [-0.4, -0.2) is 11.2 Å². The Balaban J connectivity index is 1.74. The van der Waals surface area contributed by atoms with Gasteiger partial charge in [0.1, 0.15) is 5.82 Å². The van der Waals surface area contributed by atoms with Gasteiger partial charge in [-0.15, -0.1) is 20.6 Å². The second kappa shape index (κ2) is 7.20. The number of hydrogen-bond donors (Lipinski definition) is 1. The van der Waals surface area contributed by atoms with Gasteiger partial charge in [-0.3, -0.25) is 5.43 Å². The quantitative estimate of drug-likeness (QED) is 0.424. The topological polar surface area (TPSA) is 37.3 Å². The molecule has 1 heterocycles. The van der Waals surface area contributed by atoms with E-state index >= 15 is 0 Å². The first kappa shape index (κ1) is 16.7. The van der Waals surface area contributed by atoms with Crippen molar-refractivity contribution in [3.05, 3.63) is 64.3 Å². The lowest BCUT2D eigenvalue weighted by molar-refractivity contribution is 0.635. The predicted octanol–water partition coefficient (Wildman–Crippen LogP) is 4.51. The van der Waals surface area contributed by atoms with Crippen molar-refractivity contribution in [2.45, 2.75) is 13.8 Å². The zero-order valence-corrected chi connectivity index (χ0v) is 15.3. The minimum atomic E-state index is -0.231. The molecule has 0 amide bonds. The smallest absolute Gasteiger partial charge is 0.203 e. The van der Waals surface area contributed by atoms with Crippen LogP contribution in [0.5, 0.6) is 0 Å². The minimum absolute atomic E-state index is 0.231. The number of hydrazone groups is 1. The number of benzene rings is 2. The van der Waals surface area contributed by atoms with E-state index in [1.54, 1.807) is 12.3 Å². The van der Waals surface area contributed by atoms with Gasteiger partial charge in [0.15, 0.2) is 0 Å². The van der Waals surface area contributed by atoms with Crippen LogP contribution in [0.15, 0.2) is 46.9 Å². The van der Waals surface area contributed by atoms with Crippen LogP contribution in [0.2, 0.25) is 0 Å². The number of nitrogens with zero attached hydrogens (tertiary/aromatic N) is 2. The number of hydrogen-bond acceptors (Lipinski definition) is 4. The molecule has 0 saturated carbocycles. The molecule has 3 aromatic rings. The number of halogens is 1. The van der Waals surface area contributed by atoms with E-state index < -0.39 is 0 Å². The highest BCUT2D eigenvalue weighted by Gasteiger charge is 2.06. The number of aryl methyl sites for hydroxylation is 2. The SMILES string of the molecule is Cc1cc(F)c(P)cc1/C=N/Nc1nc(-c2ccccc2C)cs1. The molecule has 1 atom stereocenters. The Kier molecular flexibility index (Phi) is 5.03. The van der Waals surface area contributed by atoms with Gasteiger partial charge < -0.3 is 0 Å². The fourth-order valence-corrected chi connectivity index (χ4v) is 3.23. The molecule has 3 rings (SSSR count). The molecule has 0 spiro atoms. The molecular weight excluding hydrogens is 340 g/mol. The Morgan fingerprint density at radius 1 is 1.21 bits per heavy atom. The van der Waals surface area contributed by atoms with Crippen molar-refractivity contribution in [1.29, 1.82) is 0 Å². The second-order valence-electron chi connectivity index (χ2n) is 5.45. The second-order valence-corrected chi connectivity index (χ2v) is 6.93. The Morgan fingerprint density at radius 2 is 2.00 bits per heavy atom. The Bertz CT molecular complexity index is 905. The van der Waals surface area contributed by atoms with Gasteiger partial charge in [0.2, 0.25) is 5.13 Å². The van der Waals surface area contributed by atoms with Crippen molar-refractivity contribution in [1.82, 2.24) is 4.98 Å². The van der Waals surface area contributed by atoms with Gasteiger partial charge >= 0.3 is 0 Å². The number of aromatic nitrogens is 1. The van der Waals surface area contributed by atoms with Crippen molar-refractivity contribution in [3.63, 3.8) is 0 Å². The average molecular weight is 357 g/mol. The van der Waals surface area contributed by atoms with E-state index in [0.717, 1.165) is 27.5 Å². The van der Waals surface area contributed by atoms with Crippen molar-refractivity contribution >= 4 is 37.2 Å². The minimum Gasteiger partial charge on any atom is -0.253 e. The summed E-state index contributed by atoms with van der Waals surface area (Å²) < 4.78 is 13.5. The third-order valence-corrected chi connectivity index (χ3v) is 4.86. The third kappa shape index (κ3) is 3.69. The van der Waals surface area contributed by atoms with Crippen LogP contribution >= 0.6 is 20.6 Å². The number of thiazole rings is 1. The maximum absolute atomic E-state index is 13.5. The summed E-state index contributed by atoms with van der Waals surface area (Å²) >= 11 is 1.50. The summed E-state index contributed by atoms with van der Waals surface area (Å²) in [4.78, 5) is 4.56. The highest BCUT2D eigenvalue weighted by molar-refractivity contribution is 7.27. The van der Waals surface area contributed by atoms with Crippen LogP contribution in [0, 0.1) is 19.7 Å². The maximum atomic E-state index is 13.5. The van der Waals surface area contributed by atoms with E-state index in [-0.39, 0.29) is 5.82 Å². The highest BCUT2D eigenvalue weighted by atomic mass is 32.1. The summed E-state index contributed by atoms with van der Waals surface area (Å²) in [6.07, 6.45) is 1.68. The third-order valence-electron chi connectivity index (χ3n) is 3.67. The van der Waals surface area contributed by atoms with Crippen LogP contribution < -0.4 is 10.7 Å². The van der Waals surface area contributed by atoms with Crippen molar-refractivity contribution in [2.75, 3.05) is 5.43 Å². The van der Waals surface area contributed by atoms with Crippen LogP contribution in [-0.2, 0) is 0 Å². The molecule has 0 fully saturated rings. The van der Waals surface area contributed by atoms with Gasteiger partial charge in [-0.25, -0.2) is 9.37 Å². The summed E-state index contributed by atoms with van der Waals surface area (Å²) in [5.41, 5.74) is 7.88. The number of rotatable bonds is 4. The van der Waals surface area contributed by atoms with Gasteiger partial charge in [0.25, 0.3) is 0 Å². The lowest BCUT2D eigenvalue weighted by Crippen LogP contribution is -2.03. The van der Waals surface area contributed by atoms with Crippen LogP contribution in [0.4, 0.5) is 9.52 Å². The van der Waals surface area contributed by atoms with Crippen molar-refractivity contribution in [3.8, 4) is 11.3 Å². The summed E-state index contributed by atoms with van der Waals surface area (Å²) in [7, 11) is 2.39. The van der Waals surface area contributed by atoms with E-state index in [1.165, 1.54) is 23.0 Å². The molecule has 1 unspecified atom stereocenters. The van der Waals surface area contributed by atoms with Gasteiger partial charge in [0.05, 0.1) is 11.9 Å². The predicted molar refractivity (Wildman–Crippen MR) is 104 cm³/mol. The van der Waals surface area contributed by atoms with Gasteiger partial charge in [-0.05, 0) is 42.7 Å². The van der Waals surface area contributed by atoms with Crippen LogP contribution in [0.1, 0.15) is 16.7 Å². The first-order chi connectivity index (χ1) is 11.5. The fraction of sp³-hybridized carbons (Fsp3) is 0.111. The normalized spacial score (nSPS) is 11.2. The molecule has 0 bridgehead atoms. The first-order valence-corrected chi connectivity index (χ1v) is 8.86. The van der Waals surface area contributed by atoms with E-state index in [9.17, 15) is 4.39 Å². The van der Waals surface area contributed by atoms with Crippen molar-refractivity contribution < 1.29 is 4.39 Å². The van der Waals surface area contributed by atoms with E-state index in [0.29, 0.717) is 5.30 Å². The van der Waals surface area contributed by atoms with E-state index in [4.69, 9.17) is 0 Å². The van der Waals surface area contributed by atoms with Crippen molar-refractivity contribution in [2.24, 2.45) is 5.10 Å². The standard InChI is InChI=1S/C18H17FN3PS/c1-11-5-3-4-6-14(11)16-10-24-18(21-16)22-20-9-13-8-17(23)15(19)7-12(13)2/h3-10H,23H2,1-2H3,(H,21,22)/b20-9+. The zero-order chi connectivity index (χ0) is 17.1. The van der Waals surface area contributed by atoms with Crippen LogP contribution in [0.25, 0.3) is 11.3 Å². The molecule has 2 aromatic carbocycles. The maximum Gasteiger partial charge on any atom is 0.203 e.